The molecular weight excluding hydrogens is 330 g/mol. The molecule has 26 heavy (non-hydrogen) atoms. The Hall–Kier alpha value is -2.89. The summed E-state index contributed by atoms with van der Waals surface area (Å²) in [6, 6.07) is 18.3. The van der Waals surface area contributed by atoms with Crippen molar-refractivity contribution in [3.63, 3.8) is 0 Å². The summed E-state index contributed by atoms with van der Waals surface area (Å²) in [6.07, 6.45) is -0.482. The van der Waals surface area contributed by atoms with Gasteiger partial charge in [0.15, 0.2) is 0 Å². The van der Waals surface area contributed by atoms with Crippen molar-refractivity contribution in [1.82, 2.24) is 5.32 Å². The fraction of sp³-hybridized carbons (Fsp3) is 0.190. The Morgan fingerprint density at radius 2 is 1.69 bits per heavy atom. The molecule has 3 N–H and O–H groups in total. The summed E-state index contributed by atoms with van der Waals surface area (Å²) < 4.78 is 5.86. The Morgan fingerprint density at radius 1 is 1.00 bits per heavy atom. The lowest BCUT2D eigenvalue weighted by Gasteiger charge is -2.05. The fourth-order valence-electron chi connectivity index (χ4n) is 2.65. The lowest BCUT2D eigenvalue weighted by molar-refractivity contribution is 0.0697. The second kappa shape index (κ2) is 7.99. The Labute approximate surface area is 151 Å². The van der Waals surface area contributed by atoms with E-state index in [-0.39, 0.29) is 5.56 Å². The molecule has 0 saturated heterocycles. The molecule has 0 spiro atoms. The second-order valence-electron chi connectivity index (χ2n) is 6.17. The van der Waals surface area contributed by atoms with E-state index >= 15 is 0 Å². The summed E-state index contributed by atoms with van der Waals surface area (Å²) in [6.45, 7) is 2.94. The monoisotopic (exact) mass is 351 g/mol. The van der Waals surface area contributed by atoms with Gasteiger partial charge in [-0.15, -0.1) is 0 Å². The number of carboxylic acids is 1. The van der Waals surface area contributed by atoms with E-state index in [0.717, 1.165) is 28.2 Å². The molecule has 0 aliphatic carbocycles. The van der Waals surface area contributed by atoms with Gasteiger partial charge in [0, 0.05) is 12.1 Å². The van der Waals surface area contributed by atoms with Crippen molar-refractivity contribution in [2.45, 2.75) is 26.1 Å². The topological polar surface area (TPSA) is 82.7 Å². The zero-order valence-corrected chi connectivity index (χ0v) is 14.5. The Morgan fingerprint density at radius 3 is 2.31 bits per heavy atom. The number of benzene rings is 2. The third kappa shape index (κ3) is 4.39. The maximum atomic E-state index is 10.8. The van der Waals surface area contributed by atoms with Crippen LogP contribution >= 0.6 is 0 Å². The minimum atomic E-state index is -0.922. The predicted octanol–water partition coefficient (Wildman–Crippen LogP) is 3.99. The van der Waals surface area contributed by atoms with Crippen LogP contribution in [0.15, 0.2) is 65.1 Å². The highest BCUT2D eigenvalue weighted by molar-refractivity contribution is 5.87. The van der Waals surface area contributed by atoms with Gasteiger partial charge in [-0.25, -0.2) is 4.79 Å². The SMILES string of the molecule is C[C@@H](O)c1ccc(-c2ccc(CNCc3ccc(C(=O)O)cc3)o2)cc1. The molecular formula is C21H21NO4. The van der Waals surface area contributed by atoms with Crippen LogP contribution in [0.25, 0.3) is 11.3 Å². The third-order valence-electron chi connectivity index (χ3n) is 4.17. The summed E-state index contributed by atoms with van der Waals surface area (Å²) in [5.41, 5.74) is 3.13. The molecule has 0 fully saturated rings. The van der Waals surface area contributed by atoms with Crippen molar-refractivity contribution >= 4 is 5.97 Å². The molecule has 134 valence electrons. The van der Waals surface area contributed by atoms with Crippen molar-refractivity contribution in [2.24, 2.45) is 0 Å². The lowest BCUT2D eigenvalue weighted by Crippen LogP contribution is -2.12. The Bertz CT molecular complexity index is 864. The molecule has 0 unspecified atom stereocenters. The number of carboxylic acid groups (broad SMARTS) is 1. The van der Waals surface area contributed by atoms with E-state index in [1.807, 2.05) is 36.4 Å². The number of aliphatic hydroxyl groups is 1. The third-order valence-corrected chi connectivity index (χ3v) is 4.17. The van der Waals surface area contributed by atoms with E-state index in [1.54, 1.807) is 31.2 Å². The highest BCUT2D eigenvalue weighted by Crippen LogP contribution is 2.24. The first-order chi connectivity index (χ1) is 12.5. The van der Waals surface area contributed by atoms with Crippen molar-refractivity contribution in [2.75, 3.05) is 0 Å². The van der Waals surface area contributed by atoms with Gasteiger partial charge in [-0.2, -0.15) is 0 Å². The van der Waals surface area contributed by atoms with Crippen LogP contribution in [-0.4, -0.2) is 16.2 Å². The molecule has 0 amide bonds. The van der Waals surface area contributed by atoms with Crippen molar-refractivity contribution in [3.8, 4) is 11.3 Å². The maximum absolute atomic E-state index is 10.8. The molecule has 0 saturated carbocycles. The first-order valence-corrected chi connectivity index (χ1v) is 8.43. The van der Waals surface area contributed by atoms with Crippen molar-refractivity contribution in [1.29, 1.82) is 0 Å². The molecule has 1 aromatic heterocycles. The number of aliphatic hydroxyl groups excluding tert-OH is 1. The minimum Gasteiger partial charge on any atom is -0.478 e. The summed E-state index contributed by atoms with van der Waals surface area (Å²) in [5, 5.41) is 21.7. The number of aromatic carboxylic acids is 1. The summed E-state index contributed by atoms with van der Waals surface area (Å²) in [4.78, 5) is 10.8. The smallest absolute Gasteiger partial charge is 0.335 e. The zero-order chi connectivity index (χ0) is 18.5. The number of rotatable bonds is 7. The van der Waals surface area contributed by atoms with E-state index in [2.05, 4.69) is 5.32 Å². The van der Waals surface area contributed by atoms with Gasteiger partial charge in [0.1, 0.15) is 11.5 Å². The average molecular weight is 351 g/mol. The fourth-order valence-corrected chi connectivity index (χ4v) is 2.65. The molecule has 1 heterocycles. The van der Waals surface area contributed by atoms with Crippen LogP contribution < -0.4 is 5.32 Å². The predicted molar refractivity (Wildman–Crippen MR) is 98.7 cm³/mol. The summed E-state index contributed by atoms with van der Waals surface area (Å²) >= 11 is 0. The Balaban J connectivity index is 1.56. The molecule has 0 aliphatic heterocycles. The van der Waals surface area contributed by atoms with E-state index < -0.39 is 12.1 Å². The van der Waals surface area contributed by atoms with Gasteiger partial charge < -0.3 is 19.9 Å². The van der Waals surface area contributed by atoms with Gasteiger partial charge in [0.2, 0.25) is 0 Å². The minimum absolute atomic E-state index is 0.283. The molecule has 0 bridgehead atoms. The molecule has 5 heteroatoms. The number of carbonyl (C=O) groups is 1. The van der Waals surface area contributed by atoms with Gasteiger partial charge >= 0.3 is 5.97 Å². The highest BCUT2D eigenvalue weighted by atomic mass is 16.4. The Kier molecular flexibility index (Phi) is 5.51. The summed E-state index contributed by atoms with van der Waals surface area (Å²) in [7, 11) is 0. The van der Waals surface area contributed by atoms with E-state index in [1.165, 1.54) is 0 Å². The van der Waals surface area contributed by atoms with Crippen molar-refractivity contribution in [3.05, 3.63) is 83.1 Å². The molecule has 3 rings (SSSR count). The van der Waals surface area contributed by atoms with Gasteiger partial charge in [0.05, 0.1) is 18.2 Å². The van der Waals surface area contributed by atoms with Crippen LogP contribution in [-0.2, 0) is 13.1 Å². The number of hydrogen-bond acceptors (Lipinski definition) is 4. The maximum Gasteiger partial charge on any atom is 0.335 e. The number of nitrogens with one attached hydrogen (secondary N) is 1. The molecule has 3 aromatic rings. The van der Waals surface area contributed by atoms with Gasteiger partial charge in [-0.05, 0) is 42.3 Å². The van der Waals surface area contributed by atoms with Gasteiger partial charge in [-0.1, -0.05) is 36.4 Å². The largest absolute Gasteiger partial charge is 0.478 e. The van der Waals surface area contributed by atoms with Crippen molar-refractivity contribution < 1.29 is 19.4 Å². The molecule has 2 aromatic carbocycles. The van der Waals surface area contributed by atoms with Crippen LogP contribution in [0.3, 0.4) is 0 Å². The van der Waals surface area contributed by atoms with Gasteiger partial charge in [-0.3, -0.25) is 0 Å². The van der Waals surface area contributed by atoms with Crippen LogP contribution in [0.2, 0.25) is 0 Å². The first kappa shape index (κ1) is 17.9. The normalized spacial score (nSPS) is 12.1. The molecule has 0 radical (unpaired) electrons. The van der Waals surface area contributed by atoms with E-state index in [0.29, 0.717) is 13.1 Å². The lowest BCUT2D eigenvalue weighted by atomic mass is 10.1. The number of furan rings is 1. The molecule has 5 nitrogen and oxygen atoms in total. The van der Waals surface area contributed by atoms with Crippen LogP contribution in [0.5, 0.6) is 0 Å². The van der Waals surface area contributed by atoms with Crippen LogP contribution in [0, 0.1) is 0 Å². The summed E-state index contributed by atoms with van der Waals surface area (Å²) in [5.74, 6) is 0.681. The van der Waals surface area contributed by atoms with Crippen LogP contribution in [0.4, 0.5) is 0 Å². The second-order valence-corrected chi connectivity index (χ2v) is 6.17. The number of hydrogen-bond donors (Lipinski definition) is 3. The quantitative estimate of drug-likeness (QED) is 0.599. The van der Waals surface area contributed by atoms with Gasteiger partial charge in [0.25, 0.3) is 0 Å². The van der Waals surface area contributed by atoms with E-state index in [9.17, 15) is 9.90 Å². The zero-order valence-electron chi connectivity index (χ0n) is 14.5. The highest BCUT2D eigenvalue weighted by Gasteiger charge is 2.07. The molecule has 0 aliphatic rings. The average Bonchev–Trinajstić information content (AvgIpc) is 3.11. The first-order valence-electron chi connectivity index (χ1n) is 8.43. The van der Waals surface area contributed by atoms with E-state index in [4.69, 9.17) is 9.52 Å². The molecule has 1 atom stereocenters. The van der Waals surface area contributed by atoms with Crippen LogP contribution in [0.1, 0.15) is 40.3 Å². The standard InChI is InChI=1S/C21H21NO4/c1-14(23)16-6-8-17(9-7-16)20-11-10-19(26-20)13-22-12-15-2-4-18(5-3-15)21(24)25/h2-11,14,22-23H,12-13H2,1H3,(H,24,25)/t14-/m1/s1.